The van der Waals surface area contributed by atoms with Crippen LogP contribution in [0.25, 0.3) is 43.6 Å². The van der Waals surface area contributed by atoms with E-state index in [1.54, 1.807) is 30.3 Å². The quantitative estimate of drug-likeness (QED) is 0.0628. The summed E-state index contributed by atoms with van der Waals surface area (Å²) in [4.78, 5) is 82.6. The number of aromatic hydroxyl groups is 3. The highest BCUT2D eigenvalue weighted by atomic mass is 16.5. The lowest BCUT2D eigenvalue weighted by Crippen LogP contribution is -2.17. The molecule has 8 aromatic rings. The molecule has 0 spiro atoms. The van der Waals surface area contributed by atoms with Crippen LogP contribution in [0.15, 0.2) is 97.1 Å². The molecule has 0 unspecified atom stereocenters. The summed E-state index contributed by atoms with van der Waals surface area (Å²) in [6.07, 6.45) is 0. The summed E-state index contributed by atoms with van der Waals surface area (Å²) in [5, 5.41) is 53.9. The van der Waals surface area contributed by atoms with Crippen LogP contribution in [0.5, 0.6) is 23.0 Å². The van der Waals surface area contributed by atoms with Gasteiger partial charge in [0.15, 0.2) is 5.69 Å². The Bertz CT molecular complexity index is 3280. The summed E-state index contributed by atoms with van der Waals surface area (Å²) >= 11 is 0. The average molecular weight is 861 g/mol. The molecule has 0 aliphatic heterocycles. The highest BCUT2D eigenvalue weighted by molar-refractivity contribution is 6.14. The fourth-order valence-corrected chi connectivity index (χ4v) is 6.90. The van der Waals surface area contributed by atoms with Crippen LogP contribution < -0.4 is 26.0 Å². The second-order valence-electron chi connectivity index (χ2n) is 14.9. The van der Waals surface area contributed by atoms with Crippen LogP contribution in [-0.2, 0) is 4.79 Å². The van der Waals surface area contributed by atoms with Crippen molar-refractivity contribution in [2.45, 2.75) is 20.8 Å². The van der Waals surface area contributed by atoms with Gasteiger partial charge in [-0.3, -0.25) is 19.2 Å². The van der Waals surface area contributed by atoms with Gasteiger partial charge >= 0.3 is 5.97 Å². The van der Waals surface area contributed by atoms with Gasteiger partial charge in [0.05, 0.1) is 51.4 Å². The van der Waals surface area contributed by atoms with Crippen molar-refractivity contribution in [3.05, 3.63) is 120 Å². The van der Waals surface area contributed by atoms with Crippen molar-refractivity contribution in [2.75, 3.05) is 27.9 Å². The Hall–Kier alpha value is -8.93. The van der Waals surface area contributed by atoms with Crippen LogP contribution in [0.3, 0.4) is 0 Å². The standard InChI is InChI=1S/C46H36N8O10/c1-21(2)20-64-38-19-33(50-42-26(38)11-7-12-27(42)47-22(3)55)45(61)54-29-14-5-9-24-36(57)16-31(49-40(24)29)43(59)52-28-13-4-8-23-35(56)17-32(48-39(23)28)44(60)53-30-15-6-10-25-37(58)18-34(46(62)63)51-41(25)30/h4-19,21H,20H2,1-3H3,(H,47,55)(H,48,56)(H,49,57)(H,51,58)(H,52,59)(H,53,60)(H,54,61)(H,62,63). The number of aromatic nitrogens is 4. The largest absolute Gasteiger partial charge is 0.507 e. The topological polar surface area (TPSA) is 275 Å². The van der Waals surface area contributed by atoms with Crippen LogP contribution in [0.2, 0.25) is 0 Å². The van der Waals surface area contributed by atoms with Gasteiger partial charge in [-0.1, -0.05) is 38.1 Å². The number of carboxylic acids is 1. The van der Waals surface area contributed by atoms with Crippen molar-refractivity contribution in [1.29, 1.82) is 0 Å². The minimum absolute atomic E-state index is 0.00195. The van der Waals surface area contributed by atoms with E-state index in [1.807, 2.05) is 13.8 Å². The number of rotatable bonds is 11. The van der Waals surface area contributed by atoms with Gasteiger partial charge in [0.1, 0.15) is 40.1 Å². The fourth-order valence-electron chi connectivity index (χ4n) is 6.90. The maximum atomic E-state index is 13.9. The SMILES string of the molecule is CC(=O)Nc1cccc2c(OCC(C)C)cc(C(=O)Nc3cccc4c(O)cc(C(=O)Nc5cccc6c(O)cc(C(=O)Nc7cccc8c(O)cc(C(=O)O)nc78)nc56)nc34)nc12. The van der Waals surface area contributed by atoms with E-state index >= 15 is 0 Å². The summed E-state index contributed by atoms with van der Waals surface area (Å²) in [7, 11) is 0. The number of anilines is 4. The third kappa shape index (κ3) is 8.25. The predicted octanol–water partition coefficient (Wildman–Crippen LogP) is 7.44. The molecule has 0 bridgehead atoms. The Morgan fingerprint density at radius 2 is 0.859 bits per heavy atom. The second kappa shape index (κ2) is 16.8. The Labute approximate surface area is 361 Å². The van der Waals surface area contributed by atoms with Gasteiger partial charge in [-0.2, -0.15) is 0 Å². The van der Waals surface area contributed by atoms with Gasteiger partial charge in [-0.05, 0) is 54.4 Å². The molecular weight excluding hydrogens is 825 g/mol. The number of para-hydroxylation sites is 4. The number of carboxylic acid groups (broad SMARTS) is 1. The maximum absolute atomic E-state index is 13.9. The first-order valence-corrected chi connectivity index (χ1v) is 19.5. The number of fused-ring (bicyclic) bond motifs is 4. The summed E-state index contributed by atoms with van der Waals surface area (Å²) in [5.74, 6) is -4.62. The van der Waals surface area contributed by atoms with Gasteiger partial charge in [-0.15, -0.1) is 0 Å². The third-order valence-electron chi connectivity index (χ3n) is 9.80. The Balaban J connectivity index is 1.10. The number of hydrogen-bond acceptors (Lipinski definition) is 13. The molecule has 64 heavy (non-hydrogen) atoms. The van der Waals surface area contributed by atoms with E-state index in [1.165, 1.54) is 55.5 Å². The molecule has 0 radical (unpaired) electrons. The number of pyridine rings is 4. The monoisotopic (exact) mass is 860 g/mol. The van der Waals surface area contributed by atoms with Crippen LogP contribution in [0.1, 0.15) is 62.7 Å². The molecule has 4 amide bonds. The lowest BCUT2D eigenvalue weighted by atomic mass is 10.1. The predicted molar refractivity (Wildman–Crippen MR) is 237 cm³/mol. The van der Waals surface area contributed by atoms with Gasteiger partial charge < -0.3 is 46.4 Å². The van der Waals surface area contributed by atoms with Crippen molar-refractivity contribution in [3.63, 3.8) is 0 Å². The summed E-state index contributed by atoms with van der Waals surface area (Å²) in [5.41, 5.74) is -0.129. The van der Waals surface area contributed by atoms with Crippen LogP contribution >= 0.6 is 0 Å². The lowest BCUT2D eigenvalue weighted by molar-refractivity contribution is -0.114. The number of hydrogen-bond donors (Lipinski definition) is 8. The highest BCUT2D eigenvalue weighted by Crippen LogP contribution is 2.35. The van der Waals surface area contributed by atoms with Crippen molar-refractivity contribution < 1.29 is 49.1 Å². The molecule has 4 aromatic heterocycles. The lowest BCUT2D eigenvalue weighted by Gasteiger charge is -2.15. The average Bonchev–Trinajstić information content (AvgIpc) is 3.26. The molecule has 0 saturated carbocycles. The molecular formula is C46H36N8O10. The first-order valence-electron chi connectivity index (χ1n) is 19.5. The number of ether oxygens (including phenoxy) is 1. The molecule has 0 aliphatic carbocycles. The van der Waals surface area contributed by atoms with E-state index in [-0.39, 0.29) is 95.9 Å². The molecule has 0 aliphatic rings. The van der Waals surface area contributed by atoms with Gasteiger partial charge in [-0.25, -0.2) is 24.7 Å². The number of nitrogens with zero attached hydrogens (tertiary/aromatic N) is 4. The van der Waals surface area contributed by atoms with E-state index in [2.05, 4.69) is 41.2 Å². The molecule has 4 heterocycles. The normalized spacial score (nSPS) is 11.2. The smallest absolute Gasteiger partial charge is 0.354 e. The number of carbonyl (C=O) groups excluding carboxylic acids is 4. The number of benzene rings is 4. The zero-order valence-corrected chi connectivity index (χ0v) is 34.0. The molecule has 320 valence electrons. The Morgan fingerprint density at radius 1 is 0.516 bits per heavy atom. The number of carbonyl (C=O) groups is 5. The second-order valence-corrected chi connectivity index (χ2v) is 14.9. The summed E-state index contributed by atoms with van der Waals surface area (Å²) in [6.45, 7) is 5.64. The summed E-state index contributed by atoms with van der Waals surface area (Å²) in [6, 6.07) is 23.5. The van der Waals surface area contributed by atoms with E-state index in [4.69, 9.17) is 4.74 Å². The van der Waals surface area contributed by atoms with E-state index < -0.39 is 29.4 Å². The molecule has 0 atom stereocenters. The maximum Gasteiger partial charge on any atom is 0.354 e. The first kappa shape index (κ1) is 41.8. The van der Waals surface area contributed by atoms with E-state index in [0.717, 1.165) is 18.2 Å². The van der Waals surface area contributed by atoms with Gasteiger partial charge in [0.25, 0.3) is 17.7 Å². The zero-order chi connectivity index (χ0) is 45.4. The van der Waals surface area contributed by atoms with Gasteiger partial charge in [0, 0.05) is 52.7 Å². The van der Waals surface area contributed by atoms with Crippen LogP contribution in [0.4, 0.5) is 22.7 Å². The molecule has 18 nitrogen and oxygen atoms in total. The third-order valence-corrected chi connectivity index (χ3v) is 9.80. The van der Waals surface area contributed by atoms with Crippen LogP contribution in [-0.4, -0.2) is 76.6 Å². The van der Waals surface area contributed by atoms with Crippen LogP contribution in [0, 0.1) is 5.92 Å². The number of amides is 4. The molecule has 0 saturated heterocycles. The van der Waals surface area contributed by atoms with Crippen molar-refractivity contribution >= 4 is 96.0 Å². The number of nitrogens with one attached hydrogen (secondary N) is 4. The molecule has 8 rings (SSSR count). The first-order chi connectivity index (χ1) is 30.6. The van der Waals surface area contributed by atoms with E-state index in [9.17, 15) is 44.4 Å². The minimum atomic E-state index is -1.40. The molecule has 18 heteroatoms. The fraction of sp³-hybridized carbons (Fsp3) is 0.109. The Kier molecular flexibility index (Phi) is 11.0. The van der Waals surface area contributed by atoms with Crippen molar-refractivity contribution in [3.8, 4) is 23.0 Å². The zero-order valence-electron chi connectivity index (χ0n) is 34.0. The number of aromatic carboxylic acids is 1. The van der Waals surface area contributed by atoms with Crippen molar-refractivity contribution in [1.82, 2.24) is 19.9 Å². The molecule has 4 aromatic carbocycles. The molecule has 0 fully saturated rings. The summed E-state index contributed by atoms with van der Waals surface area (Å²) < 4.78 is 6.07. The molecule has 8 N–H and O–H groups in total. The van der Waals surface area contributed by atoms with Crippen molar-refractivity contribution in [2.24, 2.45) is 5.92 Å². The van der Waals surface area contributed by atoms with E-state index in [0.29, 0.717) is 28.9 Å². The minimum Gasteiger partial charge on any atom is -0.507 e. The van der Waals surface area contributed by atoms with Gasteiger partial charge in [0.2, 0.25) is 5.91 Å². The highest BCUT2D eigenvalue weighted by Gasteiger charge is 2.22. The Morgan fingerprint density at radius 3 is 1.25 bits per heavy atom.